The molecule has 154 valence electrons. The SMILES string of the molecule is CCC(C)(C)CN(C)CN(C)C.CCC(C)(C)CN(C)C[N+](C)(C)C. The summed E-state index contributed by atoms with van der Waals surface area (Å²) in [5, 5.41) is 0. The molecule has 0 radical (unpaired) electrons. The largest absolute Gasteiger partial charge is 0.318 e. The van der Waals surface area contributed by atoms with E-state index < -0.39 is 0 Å². The first-order chi connectivity index (χ1) is 11.0. The molecule has 0 heterocycles. The summed E-state index contributed by atoms with van der Waals surface area (Å²) in [5.41, 5.74) is 0.897. The van der Waals surface area contributed by atoms with Gasteiger partial charge in [-0.25, -0.2) is 0 Å². The lowest BCUT2D eigenvalue weighted by atomic mass is 9.90. The van der Waals surface area contributed by atoms with Crippen molar-refractivity contribution in [1.29, 1.82) is 0 Å². The molecule has 0 unspecified atom stereocenters. The van der Waals surface area contributed by atoms with Crippen LogP contribution in [-0.2, 0) is 0 Å². The van der Waals surface area contributed by atoms with Crippen molar-refractivity contribution in [3.8, 4) is 0 Å². The van der Waals surface area contributed by atoms with E-state index in [1.165, 1.54) is 25.9 Å². The van der Waals surface area contributed by atoms with Crippen molar-refractivity contribution in [3.63, 3.8) is 0 Å². The summed E-state index contributed by atoms with van der Waals surface area (Å²) in [7, 11) is 15.3. The average Bonchev–Trinajstić information content (AvgIpc) is 2.34. The van der Waals surface area contributed by atoms with Gasteiger partial charge in [0.25, 0.3) is 0 Å². The zero-order chi connectivity index (χ0) is 20.5. The van der Waals surface area contributed by atoms with Gasteiger partial charge in [-0.1, -0.05) is 41.5 Å². The van der Waals surface area contributed by atoms with E-state index in [2.05, 4.69) is 106 Å². The summed E-state index contributed by atoms with van der Waals surface area (Å²) in [6, 6.07) is 0. The molecule has 0 aliphatic heterocycles. The van der Waals surface area contributed by atoms with Crippen LogP contribution in [0.1, 0.15) is 54.4 Å². The Morgan fingerprint density at radius 1 is 0.680 bits per heavy atom. The van der Waals surface area contributed by atoms with Crippen molar-refractivity contribution < 1.29 is 4.48 Å². The van der Waals surface area contributed by atoms with Crippen LogP contribution in [0.15, 0.2) is 0 Å². The molecule has 0 aromatic heterocycles. The molecule has 0 saturated heterocycles. The molecule has 25 heavy (non-hydrogen) atoms. The minimum absolute atomic E-state index is 0.448. The van der Waals surface area contributed by atoms with E-state index in [4.69, 9.17) is 0 Å². The van der Waals surface area contributed by atoms with Gasteiger partial charge >= 0.3 is 0 Å². The zero-order valence-corrected chi connectivity index (χ0v) is 20.0. The lowest BCUT2D eigenvalue weighted by molar-refractivity contribution is -0.880. The molecule has 4 heteroatoms. The van der Waals surface area contributed by atoms with Crippen molar-refractivity contribution in [1.82, 2.24) is 14.7 Å². The van der Waals surface area contributed by atoms with E-state index in [1.54, 1.807) is 0 Å². The van der Waals surface area contributed by atoms with Gasteiger partial charge in [0.05, 0.1) is 21.1 Å². The quantitative estimate of drug-likeness (QED) is 0.433. The number of rotatable bonds is 10. The number of hydrogen-bond donors (Lipinski definition) is 0. The van der Waals surface area contributed by atoms with Crippen LogP contribution in [0.5, 0.6) is 0 Å². The molecule has 0 spiro atoms. The minimum Gasteiger partial charge on any atom is -0.318 e. The molecule has 0 amide bonds. The van der Waals surface area contributed by atoms with Crippen LogP contribution in [0.25, 0.3) is 0 Å². The molecule has 0 aliphatic rings. The highest BCUT2D eigenvalue weighted by Gasteiger charge is 2.20. The molecule has 4 nitrogen and oxygen atoms in total. The first kappa shape index (κ1) is 27.1. The van der Waals surface area contributed by atoms with Gasteiger partial charge in [0.1, 0.15) is 6.67 Å². The fraction of sp³-hybridized carbons (Fsp3) is 1.00. The first-order valence-corrected chi connectivity index (χ1v) is 9.86. The Kier molecular flexibility index (Phi) is 12.5. The highest BCUT2D eigenvalue weighted by molar-refractivity contribution is 4.70. The fourth-order valence-electron chi connectivity index (χ4n) is 2.99. The van der Waals surface area contributed by atoms with Gasteiger partial charge in [-0.3, -0.25) is 14.7 Å². The monoisotopic (exact) mass is 359 g/mol. The Hall–Kier alpha value is -0.160. The van der Waals surface area contributed by atoms with Crippen LogP contribution in [0.3, 0.4) is 0 Å². The van der Waals surface area contributed by atoms with Crippen LogP contribution in [-0.4, -0.2) is 94.9 Å². The summed E-state index contributed by atoms with van der Waals surface area (Å²) in [5.74, 6) is 0. The van der Waals surface area contributed by atoms with Crippen molar-refractivity contribution in [2.45, 2.75) is 54.4 Å². The highest BCUT2D eigenvalue weighted by atomic mass is 15.4. The van der Waals surface area contributed by atoms with Gasteiger partial charge < -0.3 is 4.48 Å². The van der Waals surface area contributed by atoms with Gasteiger partial charge in [-0.2, -0.15) is 0 Å². The smallest absolute Gasteiger partial charge is 0.134 e. The third-order valence-electron chi connectivity index (χ3n) is 4.50. The third kappa shape index (κ3) is 18.4. The molecule has 0 atom stereocenters. The van der Waals surface area contributed by atoms with Gasteiger partial charge in [0, 0.05) is 19.8 Å². The summed E-state index contributed by atoms with van der Waals surface area (Å²) in [4.78, 5) is 6.98. The predicted octanol–water partition coefficient (Wildman–Crippen LogP) is 3.89. The van der Waals surface area contributed by atoms with Crippen LogP contribution < -0.4 is 0 Å². The Labute approximate surface area is 160 Å². The number of nitrogens with zero attached hydrogens (tertiary/aromatic N) is 4. The first-order valence-electron chi connectivity index (χ1n) is 9.86. The third-order valence-corrected chi connectivity index (χ3v) is 4.50. The lowest BCUT2D eigenvalue weighted by Crippen LogP contribution is -2.46. The van der Waals surface area contributed by atoms with E-state index in [0.717, 1.165) is 17.8 Å². The van der Waals surface area contributed by atoms with Crippen LogP contribution in [0.2, 0.25) is 0 Å². The topological polar surface area (TPSA) is 9.72 Å². The summed E-state index contributed by atoms with van der Waals surface area (Å²) < 4.78 is 1.01. The Morgan fingerprint density at radius 3 is 1.32 bits per heavy atom. The zero-order valence-electron chi connectivity index (χ0n) is 20.0. The standard InChI is InChI=1S/C11H27N2.C10H24N2/c1-8-11(2,3)9-12(4)10-13(5,6)7;1-7-10(2,3)8-12(6)9-11(4)5/h8-10H2,1-7H3;7-9H2,1-6H3/q+1;. The summed E-state index contributed by atoms with van der Waals surface area (Å²) in [6.45, 7) is 18.3. The molecular formula is C21H51N4+. The number of hydrogen-bond acceptors (Lipinski definition) is 3. The molecule has 0 aliphatic carbocycles. The van der Waals surface area contributed by atoms with Gasteiger partial charge in [0.2, 0.25) is 0 Å². The lowest BCUT2D eigenvalue weighted by Gasteiger charge is -2.34. The molecule has 0 fully saturated rings. The van der Waals surface area contributed by atoms with E-state index >= 15 is 0 Å². The van der Waals surface area contributed by atoms with E-state index in [-0.39, 0.29) is 0 Å². The summed E-state index contributed by atoms with van der Waals surface area (Å²) >= 11 is 0. The van der Waals surface area contributed by atoms with Crippen molar-refractivity contribution in [3.05, 3.63) is 0 Å². The maximum Gasteiger partial charge on any atom is 0.134 e. The molecule has 0 rings (SSSR count). The average molecular weight is 360 g/mol. The normalized spacial score (nSPS) is 13.4. The second-order valence-corrected chi connectivity index (χ2v) is 10.7. The predicted molar refractivity (Wildman–Crippen MR) is 115 cm³/mol. The Bertz CT molecular complexity index is 329. The highest BCUT2D eigenvalue weighted by Crippen LogP contribution is 2.21. The Morgan fingerprint density at radius 2 is 1.04 bits per heavy atom. The van der Waals surface area contributed by atoms with Crippen LogP contribution in [0.4, 0.5) is 0 Å². The maximum absolute atomic E-state index is 2.42. The Balaban J connectivity index is 0. The van der Waals surface area contributed by atoms with Crippen molar-refractivity contribution >= 4 is 0 Å². The minimum atomic E-state index is 0.448. The summed E-state index contributed by atoms with van der Waals surface area (Å²) in [6.07, 6.45) is 2.49. The van der Waals surface area contributed by atoms with E-state index in [1.807, 2.05) is 0 Å². The second-order valence-electron chi connectivity index (χ2n) is 10.7. The van der Waals surface area contributed by atoms with Gasteiger partial charge in [-0.15, -0.1) is 0 Å². The second kappa shape index (κ2) is 11.5. The van der Waals surface area contributed by atoms with E-state index in [0.29, 0.717) is 10.8 Å². The molecule has 0 aromatic carbocycles. The molecule has 0 N–H and O–H groups in total. The van der Waals surface area contributed by atoms with Gasteiger partial charge in [0.15, 0.2) is 0 Å². The fourth-order valence-corrected chi connectivity index (χ4v) is 2.99. The maximum atomic E-state index is 2.42. The number of quaternary nitrogens is 1. The molecule has 0 aromatic rings. The van der Waals surface area contributed by atoms with Crippen LogP contribution in [0, 0.1) is 10.8 Å². The molecule has 0 bridgehead atoms. The molecular weight excluding hydrogens is 308 g/mol. The van der Waals surface area contributed by atoms with Gasteiger partial charge in [-0.05, 0) is 51.9 Å². The van der Waals surface area contributed by atoms with Crippen molar-refractivity contribution in [2.75, 3.05) is 75.8 Å². The van der Waals surface area contributed by atoms with E-state index in [9.17, 15) is 0 Å². The van der Waals surface area contributed by atoms with Crippen molar-refractivity contribution in [2.24, 2.45) is 10.8 Å². The molecule has 0 saturated carbocycles. The van der Waals surface area contributed by atoms with Crippen LogP contribution >= 0.6 is 0 Å².